The monoisotopic (exact) mass is 372 g/mol. The van der Waals surface area contributed by atoms with Gasteiger partial charge in [0.25, 0.3) is 10.0 Å². The van der Waals surface area contributed by atoms with E-state index in [0.29, 0.717) is 23.8 Å². The predicted octanol–water partition coefficient (Wildman–Crippen LogP) is 3.25. The van der Waals surface area contributed by atoms with E-state index in [1.165, 1.54) is 16.4 Å². The summed E-state index contributed by atoms with van der Waals surface area (Å²) in [6.45, 7) is 0.396. The molecule has 4 nitrogen and oxygen atoms in total. The Morgan fingerprint density at radius 3 is 2.85 bits per heavy atom. The van der Waals surface area contributed by atoms with E-state index in [2.05, 4.69) is 20.9 Å². The summed E-state index contributed by atoms with van der Waals surface area (Å²) in [6, 6.07) is 8.16. The van der Waals surface area contributed by atoms with Crippen LogP contribution in [-0.2, 0) is 16.4 Å². The molecule has 1 aliphatic heterocycles. The van der Waals surface area contributed by atoms with Crippen molar-refractivity contribution in [1.82, 2.24) is 4.98 Å². The van der Waals surface area contributed by atoms with Crippen molar-refractivity contribution >= 4 is 43.4 Å². The molecular formula is C13H10BrClN2O2S. The van der Waals surface area contributed by atoms with Crippen LogP contribution in [0.15, 0.2) is 45.9 Å². The van der Waals surface area contributed by atoms with Crippen LogP contribution < -0.4 is 4.31 Å². The van der Waals surface area contributed by atoms with Crippen molar-refractivity contribution in [3.05, 3.63) is 51.6 Å². The summed E-state index contributed by atoms with van der Waals surface area (Å²) in [4.78, 5) is 4.40. The fourth-order valence-electron chi connectivity index (χ4n) is 2.20. The summed E-state index contributed by atoms with van der Waals surface area (Å²) in [5.74, 6) is 0.494. The van der Waals surface area contributed by atoms with Gasteiger partial charge in [-0.3, -0.25) is 0 Å². The van der Waals surface area contributed by atoms with Crippen molar-refractivity contribution in [2.75, 3.05) is 10.8 Å². The maximum atomic E-state index is 12.6. The largest absolute Gasteiger partial charge is 0.265 e. The number of anilines is 1. The zero-order valence-electron chi connectivity index (χ0n) is 10.3. The summed E-state index contributed by atoms with van der Waals surface area (Å²) in [5, 5.41) is 0.397. The lowest BCUT2D eigenvalue weighted by Crippen LogP contribution is -2.29. The number of aromatic nitrogens is 1. The van der Waals surface area contributed by atoms with Crippen LogP contribution in [0.4, 0.5) is 5.82 Å². The van der Waals surface area contributed by atoms with E-state index in [0.717, 1.165) is 10.0 Å². The van der Waals surface area contributed by atoms with Crippen LogP contribution >= 0.6 is 27.5 Å². The second kappa shape index (κ2) is 5.02. The van der Waals surface area contributed by atoms with Crippen molar-refractivity contribution in [2.24, 2.45) is 0 Å². The Morgan fingerprint density at radius 2 is 2.10 bits per heavy atom. The van der Waals surface area contributed by atoms with Crippen LogP contribution in [0, 0.1) is 0 Å². The van der Waals surface area contributed by atoms with Gasteiger partial charge in [-0.2, -0.15) is 0 Å². The highest BCUT2D eigenvalue weighted by Gasteiger charge is 2.32. The first-order valence-electron chi connectivity index (χ1n) is 5.91. The number of sulfonamides is 1. The average molecular weight is 374 g/mol. The molecule has 0 bridgehead atoms. The van der Waals surface area contributed by atoms with Crippen LogP contribution in [-0.4, -0.2) is 19.9 Å². The first-order valence-corrected chi connectivity index (χ1v) is 8.52. The van der Waals surface area contributed by atoms with Crippen LogP contribution in [0.1, 0.15) is 5.56 Å². The molecule has 0 saturated heterocycles. The molecule has 0 spiro atoms. The SMILES string of the molecule is O=S(=O)(c1cccc(Cl)c1)N1CCc2cc(Br)cnc21. The van der Waals surface area contributed by atoms with Gasteiger partial charge in [0.1, 0.15) is 5.82 Å². The fourth-order valence-corrected chi connectivity index (χ4v) is 4.34. The van der Waals surface area contributed by atoms with Gasteiger partial charge in [-0.15, -0.1) is 0 Å². The lowest BCUT2D eigenvalue weighted by Gasteiger charge is -2.18. The standard InChI is InChI=1S/C13H10BrClN2O2S/c14-10-6-9-4-5-17(13(9)16-8-10)20(18,19)12-3-1-2-11(15)7-12/h1-3,6-8H,4-5H2. The maximum absolute atomic E-state index is 12.6. The number of rotatable bonds is 2. The molecule has 0 radical (unpaired) electrons. The first-order chi connectivity index (χ1) is 9.48. The highest BCUT2D eigenvalue weighted by atomic mass is 79.9. The number of halogens is 2. The summed E-state index contributed by atoms with van der Waals surface area (Å²) < 4.78 is 27.5. The van der Waals surface area contributed by atoms with Gasteiger partial charge in [0.2, 0.25) is 0 Å². The third-order valence-electron chi connectivity index (χ3n) is 3.11. The maximum Gasteiger partial charge on any atom is 0.265 e. The van der Waals surface area contributed by atoms with E-state index in [9.17, 15) is 8.42 Å². The van der Waals surface area contributed by atoms with Gasteiger partial charge in [-0.05, 0) is 52.2 Å². The van der Waals surface area contributed by atoms with Crippen LogP contribution in [0.5, 0.6) is 0 Å². The van der Waals surface area contributed by atoms with Gasteiger partial charge in [-0.1, -0.05) is 17.7 Å². The summed E-state index contributed by atoms with van der Waals surface area (Å²) in [7, 11) is -3.62. The molecule has 7 heteroatoms. The average Bonchev–Trinajstić information content (AvgIpc) is 2.82. The van der Waals surface area contributed by atoms with E-state index < -0.39 is 10.0 Å². The normalized spacial score (nSPS) is 14.4. The molecule has 0 atom stereocenters. The van der Waals surface area contributed by atoms with Crippen LogP contribution in [0.25, 0.3) is 0 Å². The predicted molar refractivity (Wildman–Crippen MR) is 81.6 cm³/mol. The minimum absolute atomic E-state index is 0.183. The third-order valence-corrected chi connectivity index (χ3v) is 5.57. The minimum atomic E-state index is -3.62. The molecule has 3 rings (SSSR count). The highest BCUT2D eigenvalue weighted by molar-refractivity contribution is 9.10. The number of benzene rings is 1. The van der Waals surface area contributed by atoms with Crippen molar-refractivity contribution in [2.45, 2.75) is 11.3 Å². The molecule has 104 valence electrons. The Morgan fingerprint density at radius 1 is 1.30 bits per heavy atom. The molecular weight excluding hydrogens is 364 g/mol. The van der Waals surface area contributed by atoms with Gasteiger partial charge < -0.3 is 0 Å². The minimum Gasteiger partial charge on any atom is -0.249 e. The second-order valence-electron chi connectivity index (χ2n) is 4.42. The lowest BCUT2D eigenvalue weighted by atomic mass is 10.2. The Bertz CT molecular complexity index is 780. The summed E-state index contributed by atoms with van der Waals surface area (Å²) >= 11 is 9.22. The number of nitrogens with zero attached hydrogens (tertiary/aromatic N) is 2. The lowest BCUT2D eigenvalue weighted by molar-refractivity contribution is 0.592. The first kappa shape index (κ1) is 13.9. The molecule has 2 aromatic rings. The molecule has 1 aromatic heterocycles. The van der Waals surface area contributed by atoms with Crippen molar-refractivity contribution in [3.63, 3.8) is 0 Å². The highest BCUT2D eigenvalue weighted by Crippen LogP contribution is 2.32. The number of fused-ring (bicyclic) bond motifs is 1. The summed E-state index contributed by atoms with van der Waals surface area (Å²) in [6.07, 6.45) is 2.26. The second-order valence-corrected chi connectivity index (χ2v) is 7.64. The molecule has 0 saturated carbocycles. The Balaban J connectivity index is 2.07. The third kappa shape index (κ3) is 2.32. The zero-order chi connectivity index (χ0) is 14.3. The number of hydrogen-bond acceptors (Lipinski definition) is 3. The molecule has 2 heterocycles. The Hall–Kier alpha value is -1.11. The van der Waals surface area contributed by atoms with E-state index in [-0.39, 0.29) is 4.90 Å². The molecule has 0 N–H and O–H groups in total. The van der Waals surface area contributed by atoms with Crippen LogP contribution in [0.2, 0.25) is 5.02 Å². The van der Waals surface area contributed by atoms with Crippen molar-refractivity contribution < 1.29 is 8.42 Å². The molecule has 1 aromatic carbocycles. The van der Waals surface area contributed by atoms with Gasteiger partial charge in [0, 0.05) is 22.2 Å². The molecule has 0 unspecified atom stereocenters. The smallest absolute Gasteiger partial charge is 0.249 e. The fraction of sp³-hybridized carbons (Fsp3) is 0.154. The van der Waals surface area contributed by atoms with Gasteiger partial charge in [0.05, 0.1) is 4.90 Å². The number of hydrogen-bond donors (Lipinski definition) is 0. The number of pyridine rings is 1. The molecule has 0 amide bonds. The van der Waals surface area contributed by atoms with Gasteiger partial charge >= 0.3 is 0 Å². The quantitative estimate of drug-likeness (QED) is 0.812. The van der Waals surface area contributed by atoms with E-state index in [1.54, 1.807) is 18.3 Å². The van der Waals surface area contributed by atoms with E-state index in [4.69, 9.17) is 11.6 Å². The van der Waals surface area contributed by atoms with Crippen LogP contribution in [0.3, 0.4) is 0 Å². The van der Waals surface area contributed by atoms with Crippen molar-refractivity contribution in [1.29, 1.82) is 0 Å². The molecule has 0 aliphatic carbocycles. The molecule has 0 fully saturated rings. The van der Waals surface area contributed by atoms with Gasteiger partial charge in [0.15, 0.2) is 0 Å². The Kier molecular flexibility index (Phi) is 3.48. The zero-order valence-corrected chi connectivity index (χ0v) is 13.4. The summed E-state index contributed by atoms with van der Waals surface area (Å²) in [5.41, 5.74) is 0.921. The Labute approximate surface area is 130 Å². The topological polar surface area (TPSA) is 50.3 Å². The van der Waals surface area contributed by atoms with Crippen molar-refractivity contribution in [3.8, 4) is 0 Å². The van der Waals surface area contributed by atoms with Gasteiger partial charge in [-0.25, -0.2) is 17.7 Å². The molecule has 20 heavy (non-hydrogen) atoms. The molecule has 1 aliphatic rings. The van der Waals surface area contributed by atoms with E-state index in [1.807, 2.05) is 6.07 Å². The van der Waals surface area contributed by atoms with E-state index >= 15 is 0 Å².